The zero-order valence-electron chi connectivity index (χ0n) is 11.7. The summed E-state index contributed by atoms with van der Waals surface area (Å²) in [4.78, 5) is 0. The first-order valence-electron chi connectivity index (χ1n) is 3.68. The Morgan fingerprint density at radius 1 is 0.370 bits per heavy atom. The topological polar surface area (TPSA) is 416 Å². The normalized spacial score (nSPS) is 10.7. The van der Waals surface area contributed by atoms with Crippen molar-refractivity contribution in [2.75, 3.05) is 0 Å². The van der Waals surface area contributed by atoms with Gasteiger partial charge in [0.2, 0.25) is 0 Å². The van der Waals surface area contributed by atoms with E-state index in [9.17, 15) is 0 Å². The molecule has 0 aliphatic carbocycles. The van der Waals surface area contributed by atoms with Crippen molar-refractivity contribution in [1.82, 2.24) is 0 Å². The standard InChI is InChI=1S/Au.5H3NO3S.Ni/c;5*1-5(2,3)4;/h;5*(H3,1,2,3,4);/q+3;;;;;;+2/p-5. The molecule has 0 fully saturated rings. The monoisotopic (exact) mass is 735 g/mol. The van der Waals surface area contributed by atoms with Crippen molar-refractivity contribution in [3.8, 4) is 0 Å². The number of rotatable bonds is 0. The van der Waals surface area contributed by atoms with Crippen LogP contribution in [0.3, 0.4) is 0 Å². The summed E-state index contributed by atoms with van der Waals surface area (Å²) in [5, 5.41) is 18.9. The molecule has 0 spiro atoms. The Labute approximate surface area is 180 Å². The number of hydrogen-bond donors (Lipinski definition) is 5. The molecule has 0 aliphatic heterocycles. The molecular weight excluding hydrogens is 726 g/mol. The third-order valence-electron chi connectivity index (χ3n) is 0. The molecule has 0 rings (SSSR count). The average molecular weight is 736 g/mol. The van der Waals surface area contributed by atoms with Gasteiger partial charge in [0, 0.05) is 0 Å². The maximum Gasteiger partial charge on any atom is 3.00 e. The van der Waals surface area contributed by atoms with Crippen LogP contribution in [0.1, 0.15) is 0 Å². The first-order chi connectivity index (χ1) is 10.0. The van der Waals surface area contributed by atoms with E-state index < -0.39 is 51.5 Å². The zero-order chi connectivity index (χ0) is 22.5. The van der Waals surface area contributed by atoms with E-state index in [-0.39, 0.29) is 38.9 Å². The molecule has 27 heteroatoms. The van der Waals surface area contributed by atoms with Gasteiger partial charge in [0.05, 0.1) is 0 Å². The van der Waals surface area contributed by atoms with Crippen LogP contribution in [0.4, 0.5) is 0 Å². The van der Waals surface area contributed by atoms with E-state index in [1.807, 2.05) is 0 Å². The van der Waals surface area contributed by atoms with Crippen molar-refractivity contribution >= 4 is 51.5 Å². The molecule has 0 atom stereocenters. The number of nitrogens with two attached hydrogens (primary N) is 5. The molecule has 0 amide bonds. The summed E-state index contributed by atoms with van der Waals surface area (Å²) in [5.74, 6) is 0. The van der Waals surface area contributed by atoms with E-state index in [0.717, 1.165) is 0 Å². The summed E-state index contributed by atoms with van der Waals surface area (Å²) in [6.45, 7) is 0. The van der Waals surface area contributed by atoms with Crippen LogP contribution in [-0.4, -0.2) is 64.9 Å². The second-order valence-corrected chi connectivity index (χ2v) is 7.39. The van der Waals surface area contributed by atoms with Gasteiger partial charge in [-0.1, -0.05) is 0 Å². The minimum absolute atomic E-state index is 0. The van der Waals surface area contributed by atoms with Gasteiger partial charge in [0.15, 0.2) is 51.5 Å². The maximum absolute atomic E-state index is 8.85. The second-order valence-electron chi connectivity index (χ2n) is 2.46. The van der Waals surface area contributed by atoms with Crippen LogP contribution in [0.25, 0.3) is 0 Å². The number of hydrogen-bond acceptors (Lipinski definition) is 15. The summed E-state index contributed by atoms with van der Waals surface area (Å²) >= 11 is 0. The van der Waals surface area contributed by atoms with Gasteiger partial charge in [-0.05, 0) is 0 Å². The smallest absolute Gasteiger partial charge is 0.736 e. The molecule has 20 nitrogen and oxygen atoms in total. The second kappa shape index (κ2) is 18.6. The van der Waals surface area contributed by atoms with Gasteiger partial charge in [0.25, 0.3) is 0 Å². The fourth-order valence-corrected chi connectivity index (χ4v) is 0. The van der Waals surface area contributed by atoms with Crippen molar-refractivity contribution in [1.29, 1.82) is 0 Å². The van der Waals surface area contributed by atoms with Gasteiger partial charge < -0.3 is 22.8 Å². The first kappa shape index (κ1) is 46.0. The Morgan fingerprint density at radius 3 is 0.370 bits per heavy atom. The Hall–Kier alpha value is 0.584. The Balaban J connectivity index is -0.0000000364. The molecule has 0 aromatic carbocycles. The Kier molecular flexibility index (Phi) is 31.7. The Morgan fingerprint density at radius 2 is 0.370 bits per heavy atom. The van der Waals surface area contributed by atoms with Gasteiger partial charge in [-0.3, -0.25) is 0 Å². The van der Waals surface area contributed by atoms with Crippen LogP contribution in [0.5, 0.6) is 0 Å². The third kappa shape index (κ3) is 47100. The summed E-state index contributed by atoms with van der Waals surface area (Å²) in [6.07, 6.45) is 0. The molecule has 0 saturated heterocycles. The van der Waals surface area contributed by atoms with Crippen molar-refractivity contribution in [2.45, 2.75) is 0 Å². The van der Waals surface area contributed by atoms with Crippen molar-refractivity contribution in [3.05, 3.63) is 0 Å². The van der Waals surface area contributed by atoms with Crippen LogP contribution >= 0.6 is 0 Å². The van der Waals surface area contributed by atoms with E-state index in [1.165, 1.54) is 0 Å². The SMILES string of the molecule is NS(=O)(=O)[O-].NS(=O)(=O)[O-].NS(=O)(=O)[O-].NS(=O)(=O)[O-].NS(=O)(=O)[O-].[Au+3].[Ni+2]. The molecular formula is H10AuN5NiO15S5. The predicted molar refractivity (Wildman–Crippen MR) is 69.4 cm³/mol. The Bertz CT molecular complexity index is 637. The summed E-state index contributed by atoms with van der Waals surface area (Å²) in [6, 6.07) is 0. The molecule has 176 valence electrons. The van der Waals surface area contributed by atoms with Gasteiger partial charge >= 0.3 is 38.9 Å². The minimum atomic E-state index is -4.42. The molecule has 0 radical (unpaired) electrons. The van der Waals surface area contributed by atoms with Gasteiger partial charge in [-0.15, -0.1) is 0 Å². The van der Waals surface area contributed by atoms with E-state index in [2.05, 4.69) is 25.7 Å². The molecule has 0 unspecified atom stereocenters. The van der Waals surface area contributed by atoms with Gasteiger partial charge in [-0.25, -0.2) is 67.8 Å². The van der Waals surface area contributed by atoms with Crippen LogP contribution in [-0.2, 0) is 90.4 Å². The summed E-state index contributed by atoms with van der Waals surface area (Å²) < 4.78 is 133. The fraction of sp³-hybridized carbons (Fsp3) is 0. The molecule has 0 aliphatic rings. The molecule has 0 aromatic heterocycles. The largest absolute Gasteiger partial charge is 3.00 e. The van der Waals surface area contributed by atoms with Crippen LogP contribution < -0.4 is 25.7 Å². The van der Waals surface area contributed by atoms with Crippen molar-refractivity contribution in [3.63, 3.8) is 0 Å². The van der Waals surface area contributed by atoms with Gasteiger partial charge in [0.1, 0.15) is 0 Å². The van der Waals surface area contributed by atoms with Crippen LogP contribution in [0.15, 0.2) is 0 Å². The van der Waals surface area contributed by atoms with E-state index in [1.54, 1.807) is 0 Å². The van der Waals surface area contributed by atoms with Gasteiger partial charge in [-0.2, -0.15) is 0 Å². The van der Waals surface area contributed by atoms with E-state index in [0.29, 0.717) is 0 Å². The molecule has 10 N–H and O–H groups in total. The zero-order valence-corrected chi connectivity index (χ0v) is 18.9. The molecule has 0 bridgehead atoms. The molecule has 0 saturated carbocycles. The average Bonchev–Trinajstić information content (AvgIpc) is 1.79. The molecule has 0 heterocycles. The van der Waals surface area contributed by atoms with Crippen molar-refractivity contribution < 1.29 is 104 Å². The van der Waals surface area contributed by atoms with E-state index >= 15 is 0 Å². The first-order valence-corrected chi connectivity index (χ1v) is 11.0. The third-order valence-corrected chi connectivity index (χ3v) is 0. The molecule has 27 heavy (non-hydrogen) atoms. The summed E-state index contributed by atoms with van der Waals surface area (Å²) in [5.41, 5.74) is 0. The maximum atomic E-state index is 8.85. The van der Waals surface area contributed by atoms with Crippen LogP contribution in [0.2, 0.25) is 0 Å². The van der Waals surface area contributed by atoms with Crippen molar-refractivity contribution in [2.24, 2.45) is 25.7 Å². The van der Waals surface area contributed by atoms with Crippen LogP contribution in [0, 0.1) is 0 Å². The summed E-state index contributed by atoms with van der Waals surface area (Å²) in [7, 11) is -22.1. The minimum Gasteiger partial charge on any atom is -0.736 e. The van der Waals surface area contributed by atoms with E-state index in [4.69, 9.17) is 64.9 Å². The fourth-order valence-electron chi connectivity index (χ4n) is 0. The predicted octanol–water partition coefficient (Wildman–Crippen LogP) is -7.98. The quantitative estimate of drug-likeness (QED) is 0.114. The molecule has 0 aromatic rings.